The van der Waals surface area contributed by atoms with E-state index in [1.165, 1.54) is 18.2 Å². The summed E-state index contributed by atoms with van der Waals surface area (Å²) in [5.74, 6) is -1.18. The van der Waals surface area contributed by atoms with Crippen LogP contribution in [0, 0.1) is 12.7 Å². The smallest absolute Gasteiger partial charge is 0.262 e. The van der Waals surface area contributed by atoms with Gasteiger partial charge in [0.25, 0.3) is 11.8 Å². The van der Waals surface area contributed by atoms with E-state index < -0.39 is 11.7 Å². The largest absolute Gasteiger partial charge is 0.483 e. The van der Waals surface area contributed by atoms with Crippen molar-refractivity contribution >= 4 is 39.1 Å². The van der Waals surface area contributed by atoms with Crippen molar-refractivity contribution in [3.63, 3.8) is 0 Å². The summed E-state index contributed by atoms with van der Waals surface area (Å²) in [5, 5.41) is 5.25. The molecular formula is C22H18BrFN2O3. The number of aryl methyl sites for hydroxylation is 1. The maximum absolute atomic E-state index is 13.6. The molecule has 0 aromatic heterocycles. The van der Waals surface area contributed by atoms with Crippen LogP contribution >= 0.6 is 15.9 Å². The van der Waals surface area contributed by atoms with Crippen molar-refractivity contribution in [2.75, 3.05) is 17.2 Å². The van der Waals surface area contributed by atoms with Crippen molar-refractivity contribution < 1.29 is 18.7 Å². The molecule has 0 aliphatic carbocycles. The second-order valence-corrected chi connectivity index (χ2v) is 7.09. The number of halogens is 2. The standard InChI is InChI=1S/C22H18BrFN2O3/c1-14-12-15(10-11-17(14)23)25-22(28)16-6-2-5-9-20(16)29-13-21(27)26-19-8-4-3-7-18(19)24/h2-12H,13H2,1H3,(H,25,28)(H,26,27). The molecule has 148 valence electrons. The number of hydrogen-bond acceptors (Lipinski definition) is 3. The first kappa shape index (κ1) is 20.5. The van der Waals surface area contributed by atoms with Gasteiger partial charge >= 0.3 is 0 Å². The molecule has 2 N–H and O–H groups in total. The highest BCUT2D eigenvalue weighted by Gasteiger charge is 2.14. The molecule has 3 aromatic rings. The van der Waals surface area contributed by atoms with E-state index in [0.29, 0.717) is 5.69 Å². The molecule has 0 atom stereocenters. The lowest BCUT2D eigenvalue weighted by molar-refractivity contribution is -0.118. The van der Waals surface area contributed by atoms with Gasteiger partial charge in [0.1, 0.15) is 11.6 Å². The van der Waals surface area contributed by atoms with Gasteiger partial charge in [0, 0.05) is 10.2 Å². The van der Waals surface area contributed by atoms with Crippen LogP contribution < -0.4 is 15.4 Å². The number of carbonyl (C=O) groups excluding carboxylic acids is 2. The Labute approximate surface area is 176 Å². The number of ether oxygens (including phenoxy) is 1. The van der Waals surface area contributed by atoms with Crippen LogP contribution in [0.15, 0.2) is 71.2 Å². The van der Waals surface area contributed by atoms with Gasteiger partial charge in [0.2, 0.25) is 0 Å². The van der Waals surface area contributed by atoms with Gasteiger partial charge in [0.05, 0.1) is 11.3 Å². The monoisotopic (exact) mass is 456 g/mol. The van der Waals surface area contributed by atoms with E-state index >= 15 is 0 Å². The summed E-state index contributed by atoms with van der Waals surface area (Å²) in [6.45, 7) is 1.56. The molecule has 29 heavy (non-hydrogen) atoms. The lowest BCUT2D eigenvalue weighted by Crippen LogP contribution is -2.22. The Morgan fingerprint density at radius 3 is 2.48 bits per heavy atom. The molecule has 0 spiro atoms. The Morgan fingerprint density at radius 2 is 1.72 bits per heavy atom. The topological polar surface area (TPSA) is 67.4 Å². The van der Waals surface area contributed by atoms with Gasteiger partial charge in [-0.2, -0.15) is 0 Å². The minimum atomic E-state index is -0.537. The zero-order valence-electron chi connectivity index (χ0n) is 15.5. The number of anilines is 2. The molecule has 0 aliphatic rings. The SMILES string of the molecule is Cc1cc(NC(=O)c2ccccc2OCC(=O)Nc2ccccc2F)ccc1Br. The first-order valence-electron chi connectivity index (χ1n) is 8.78. The lowest BCUT2D eigenvalue weighted by Gasteiger charge is -2.12. The van der Waals surface area contributed by atoms with Crippen LogP contribution in [0.5, 0.6) is 5.75 Å². The van der Waals surface area contributed by atoms with Crippen molar-refractivity contribution in [1.29, 1.82) is 0 Å². The van der Waals surface area contributed by atoms with Crippen LogP contribution in [0.3, 0.4) is 0 Å². The Bertz CT molecular complexity index is 1060. The third-order valence-corrected chi connectivity index (χ3v) is 4.94. The molecule has 0 aliphatic heterocycles. The predicted octanol–water partition coefficient (Wildman–Crippen LogP) is 5.17. The van der Waals surface area contributed by atoms with Gasteiger partial charge in [-0.15, -0.1) is 0 Å². The molecular weight excluding hydrogens is 439 g/mol. The van der Waals surface area contributed by atoms with E-state index in [-0.39, 0.29) is 29.5 Å². The summed E-state index contributed by atoms with van der Waals surface area (Å²) in [7, 11) is 0. The van der Waals surface area contributed by atoms with Crippen LogP contribution in [-0.2, 0) is 4.79 Å². The average Bonchev–Trinajstić information content (AvgIpc) is 2.71. The molecule has 0 unspecified atom stereocenters. The minimum absolute atomic E-state index is 0.0673. The fraction of sp³-hybridized carbons (Fsp3) is 0.0909. The van der Waals surface area contributed by atoms with Gasteiger partial charge in [-0.1, -0.05) is 40.2 Å². The molecule has 2 amide bonds. The van der Waals surface area contributed by atoms with Gasteiger partial charge in [-0.05, 0) is 55.0 Å². The van der Waals surface area contributed by atoms with E-state index in [0.717, 1.165) is 10.0 Å². The Hall–Kier alpha value is -3.19. The van der Waals surface area contributed by atoms with Gasteiger partial charge < -0.3 is 15.4 Å². The summed E-state index contributed by atoms with van der Waals surface area (Å²) < 4.78 is 20.1. The first-order valence-corrected chi connectivity index (χ1v) is 9.57. The number of para-hydroxylation sites is 2. The summed E-state index contributed by atoms with van der Waals surface area (Å²) in [4.78, 5) is 24.7. The molecule has 0 saturated carbocycles. The lowest BCUT2D eigenvalue weighted by atomic mass is 10.1. The molecule has 0 heterocycles. The number of rotatable bonds is 6. The summed E-state index contributed by atoms with van der Waals surface area (Å²) in [6, 6.07) is 17.9. The van der Waals surface area contributed by atoms with Crippen molar-refractivity contribution in [3.05, 3.63) is 88.1 Å². The molecule has 7 heteroatoms. The van der Waals surface area contributed by atoms with Crippen molar-refractivity contribution in [2.24, 2.45) is 0 Å². The van der Waals surface area contributed by atoms with Crippen LogP contribution in [0.2, 0.25) is 0 Å². The fourth-order valence-electron chi connectivity index (χ4n) is 2.59. The van der Waals surface area contributed by atoms with Crippen LogP contribution in [0.1, 0.15) is 15.9 Å². The molecule has 0 saturated heterocycles. The number of amides is 2. The van der Waals surface area contributed by atoms with E-state index in [1.807, 2.05) is 19.1 Å². The molecule has 5 nitrogen and oxygen atoms in total. The first-order chi connectivity index (χ1) is 13.9. The normalized spacial score (nSPS) is 10.3. The minimum Gasteiger partial charge on any atom is -0.483 e. The molecule has 3 rings (SSSR count). The molecule has 0 radical (unpaired) electrons. The number of hydrogen-bond donors (Lipinski definition) is 2. The quantitative estimate of drug-likeness (QED) is 0.537. The second kappa shape index (κ2) is 9.34. The summed E-state index contributed by atoms with van der Waals surface area (Å²) in [6.07, 6.45) is 0. The van der Waals surface area contributed by atoms with E-state index in [1.54, 1.807) is 36.4 Å². The van der Waals surface area contributed by atoms with E-state index in [4.69, 9.17) is 4.74 Å². The zero-order chi connectivity index (χ0) is 20.8. The van der Waals surface area contributed by atoms with Crippen LogP contribution in [0.25, 0.3) is 0 Å². The van der Waals surface area contributed by atoms with Gasteiger partial charge in [0.15, 0.2) is 6.61 Å². The highest BCUT2D eigenvalue weighted by atomic mass is 79.9. The van der Waals surface area contributed by atoms with Gasteiger partial charge in [-0.3, -0.25) is 9.59 Å². The number of carbonyl (C=O) groups is 2. The zero-order valence-corrected chi connectivity index (χ0v) is 17.1. The maximum atomic E-state index is 13.6. The second-order valence-electron chi connectivity index (χ2n) is 6.23. The Kier molecular flexibility index (Phi) is 6.61. The van der Waals surface area contributed by atoms with Crippen LogP contribution in [-0.4, -0.2) is 18.4 Å². The average molecular weight is 457 g/mol. The highest BCUT2D eigenvalue weighted by molar-refractivity contribution is 9.10. The molecule has 0 bridgehead atoms. The highest BCUT2D eigenvalue weighted by Crippen LogP contribution is 2.23. The maximum Gasteiger partial charge on any atom is 0.262 e. The molecule has 3 aromatic carbocycles. The van der Waals surface area contributed by atoms with Crippen molar-refractivity contribution in [3.8, 4) is 5.75 Å². The predicted molar refractivity (Wildman–Crippen MR) is 114 cm³/mol. The third kappa shape index (κ3) is 5.42. The van der Waals surface area contributed by atoms with Gasteiger partial charge in [-0.25, -0.2) is 4.39 Å². The number of nitrogens with one attached hydrogen (secondary N) is 2. The molecule has 0 fully saturated rings. The van der Waals surface area contributed by atoms with E-state index in [9.17, 15) is 14.0 Å². The van der Waals surface area contributed by atoms with Crippen LogP contribution in [0.4, 0.5) is 15.8 Å². The third-order valence-electron chi connectivity index (χ3n) is 4.05. The van der Waals surface area contributed by atoms with E-state index in [2.05, 4.69) is 26.6 Å². The number of benzene rings is 3. The Balaban J connectivity index is 1.66. The summed E-state index contributed by atoms with van der Waals surface area (Å²) >= 11 is 3.42. The Morgan fingerprint density at radius 1 is 1.00 bits per heavy atom. The fourth-order valence-corrected chi connectivity index (χ4v) is 2.84. The summed E-state index contributed by atoms with van der Waals surface area (Å²) in [5.41, 5.74) is 1.98. The van der Waals surface area contributed by atoms with Crippen molar-refractivity contribution in [1.82, 2.24) is 0 Å². The van der Waals surface area contributed by atoms with Crippen molar-refractivity contribution in [2.45, 2.75) is 6.92 Å².